The maximum absolute atomic E-state index is 9.81. The van der Waals surface area contributed by atoms with E-state index >= 15 is 0 Å². The second-order valence-corrected chi connectivity index (χ2v) is 4.79. The second kappa shape index (κ2) is 5.24. The number of aliphatic hydroxyl groups is 3. The van der Waals surface area contributed by atoms with E-state index in [1.807, 2.05) is 0 Å². The van der Waals surface area contributed by atoms with Gasteiger partial charge in [0, 0.05) is 0 Å². The second-order valence-electron chi connectivity index (χ2n) is 4.43. The summed E-state index contributed by atoms with van der Waals surface area (Å²) in [6.07, 6.45) is -3.50. The molecule has 11 heteroatoms. The Bertz CT molecular complexity index is 667. The van der Waals surface area contributed by atoms with Crippen molar-refractivity contribution in [2.75, 3.05) is 12.3 Å². The Labute approximate surface area is 122 Å². The van der Waals surface area contributed by atoms with Gasteiger partial charge in [-0.3, -0.25) is 0 Å². The van der Waals surface area contributed by atoms with Gasteiger partial charge in [0.2, 0.25) is 11.6 Å². The van der Waals surface area contributed by atoms with Crippen molar-refractivity contribution in [3.63, 3.8) is 0 Å². The molecule has 0 aromatic carbocycles. The molecule has 3 rings (SSSR count). The van der Waals surface area contributed by atoms with Crippen molar-refractivity contribution in [2.24, 2.45) is 0 Å². The molecule has 5 N–H and O–H groups in total. The molecule has 0 unspecified atom stereocenters. The van der Waals surface area contributed by atoms with Crippen LogP contribution in [0.15, 0.2) is 6.33 Å². The molecule has 1 aliphatic rings. The van der Waals surface area contributed by atoms with Gasteiger partial charge in [0.1, 0.15) is 30.2 Å². The lowest BCUT2D eigenvalue weighted by Crippen LogP contribution is -2.38. The number of nitrogens with two attached hydrogens (primary N) is 1. The number of anilines is 1. The van der Waals surface area contributed by atoms with Crippen LogP contribution < -0.4 is 10.6 Å². The number of fused-ring (bicyclic) bond motifs is 1. The third kappa shape index (κ3) is 2.36. The van der Waals surface area contributed by atoms with Crippen molar-refractivity contribution in [1.82, 2.24) is 19.7 Å². The molecule has 0 radical (unpaired) electrons. The van der Waals surface area contributed by atoms with Crippen molar-refractivity contribution in [2.45, 2.75) is 24.6 Å². The normalized spacial score (nSPS) is 29.1. The smallest absolute Gasteiger partial charge is 0.254 e. The Hall–Kier alpha value is -1.72. The van der Waals surface area contributed by atoms with E-state index < -0.39 is 31.2 Å². The molecular weight excluding hydrogens is 306 g/mol. The maximum atomic E-state index is 9.81. The van der Waals surface area contributed by atoms with Crippen LogP contribution in [0.4, 0.5) is 5.95 Å². The van der Waals surface area contributed by atoms with Crippen molar-refractivity contribution in [3.8, 4) is 0 Å². The molecule has 4 atom stereocenters. The van der Waals surface area contributed by atoms with Gasteiger partial charge in [-0.05, 0) is 0 Å². The van der Waals surface area contributed by atoms with Crippen LogP contribution >= 0.6 is 11.6 Å². The molecule has 114 valence electrons. The molecule has 3 heterocycles. The summed E-state index contributed by atoms with van der Waals surface area (Å²) < 4.78 is 6.29. The van der Waals surface area contributed by atoms with Crippen molar-refractivity contribution in [3.05, 3.63) is 11.5 Å². The lowest BCUT2D eigenvalue weighted by Gasteiger charge is -2.16. The Morgan fingerprint density at radius 1 is 1.38 bits per heavy atom. The summed E-state index contributed by atoms with van der Waals surface area (Å²) in [6, 6.07) is 0. The minimum Gasteiger partial charge on any atom is -0.394 e. The summed E-state index contributed by atoms with van der Waals surface area (Å²) in [6.45, 7) is -0.455. The lowest BCUT2D eigenvalue weighted by molar-refractivity contribution is -0.169. The first-order chi connectivity index (χ1) is 10.0. The van der Waals surface area contributed by atoms with Gasteiger partial charge in [0.15, 0.2) is 5.15 Å². The molecule has 0 bridgehead atoms. The first-order valence-electron chi connectivity index (χ1n) is 5.97. The number of nitrogens with zero attached hydrogens (tertiary/aromatic N) is 4. The fourth-order valence-electron chi connectivity index (χ4n) is 2.00. The highest BCUT2D eigenvalue weighted by Crippen LogP contribution is 2.23. The number of nitrogen functional groups attached to an aromatic ring is 1. The number of rotatable bonds is 3. The van der Waals surface area contributed by atoms with Gasteiger partial charge >= 0.3 is 0 Å². The molecule has 0 spiro atoms. The predicted octanol–water partition coefficient (Wildman–Crippen LogP) is -2.07. The van der Waals surface area contributed by atoms with E-state index in [-0.39, 0.29) is 22.3 Å². The van der Waals surface area contributed by atoms with Crippen LogP contribution in [-0.2, 0) is 4.74 Å². The fourth-order valence-corrected chi connectivity index (χ4v) is 2.22. The Kier molecular flexibility index (Phi) is 3.55. The zero-order chi connectivity index (χ0) is 15.1. The number of halogens is 1. The molecule has 2 aromatic rings. The Balaban J connectivity index is 1.89. The van der Waals surface area contributed by atoms with Crippen LogP contribution in [0.3, 0.4) is 0 Å². The van der Waals surface area contributed by atoms with Gasteiger partial charge < -0.3 is 30.6 Å². The van der Waals surface area contributed by atoms with E-state index in [1.54, 1.807) is 0 Å². The molecule has 1 aliphatic heterocycles. The zero-order valence-electron chi connectivity index (χ0n) is 10.5. The third-order valence-electron chi connectivity index (χ3n) is 3.06. The van der Waals surface area contributed by atoms with E-state index in [0.717, 1.165) is 4.73 Å². The number of ether oxygens (including phenoxy) is 1. The summed E-state index contributed by atoms with van der Waals surface area (Å²) in [5, 5.41) is 28.5. The first kappa shape index (κ1) is 14.2. The van der Waals surface area contributed by atoms with Crippen LogP contribution in [-0.4, -0.2) is 66.2 Å². The average molecular weight is 318 g/mol. The van der Waals surface area contributed by atoms with E-state index in [4.69, 9.17) is 32.0 Å². The summed E-state index contributed by atoms with van der Waals surface area (Å²) in [5.41, 5.74) is 5.94. The minimum atomic E-state index is -1.34. The monoisotopic (exact) mass is 317 g/mol. The molecule has 1 saturated heterocycles. The van der Waals surface area contributed by atoms with Gasteiger partial charge in [-0.15, -0.1) is 4.73 Å². The van der Waals surface area contributed by atoms with Gasteiger partial charge in [-0.25, -0.2) is 4.98 Å². The fraction of sp³-hybridized carbons (Fsp3) is 0.500. The third-order valence-corrected chi connectivity index (χ3v) is 3.32. The summed E-state index contributed by atoms with van der Waals surface area (Å²) in [7, 11) is 0. The van der Waals surface area contributed by atoms with Gasteiger partial charge in [-0.1, -0.05) is 11.6 Å². The molecule has 0 saturated carbocycles. The van der Waals surface area contributed by atoms with Crippen molar-refractivity contribution >= 4 is 28.7 Å². The predicted molar refractivity (Wildman–Crippen MR) is 69.1 cm³/mol. The lowest BCUT2D eigenvalue weighted by atomic mass is 10.1. The Morgan fingerprint density at radius 2 is 2.14 bits per heavy atom. The van der Waals surface area contributed by atoms with E-state index in [1.165, 1.54) is 6.33 Å². The zero-order valence-corrected chi connectivity index (χ0v) is 11.3. The van der Waals surface area contributed by atoms with Crippen molar-refractivity contribution < 1.29 is 24.9 Å². The maximum Gasteiger partial charge on any atom is 0.254 e. The number of aliphatic hydroxyl groups excluding tert-OH is 3. The highest BCUT2D eigenvalue weighted by atomic mass is 35.5. The topological polar surface area (TPSA) is 149 Å². The molecule has 2 aromatic heterocycles. The number of aromatic nitrogens is 4. The number of imidazole rings is 1. The van der Waals surface area contributed by atoms with Gasteiger partial charge in [-0.2, -0.15) is 9.97 Å². The number of hydrogen-bond donors (Lipinski definition) is 4. The Morgan fingerprint density at radius 3 is 2.81 bits per heavy atom. The van der Waals surface area contributed by atoms with Gasteiger partial charge in [0.05, 0.1) is 6.61 Å². The summed E-state index contributed by atoms with van der Waals surface area (Å²) >= 11 is 5.87. The summed E-state index contributed by atoms with van der Waals surface area (Å²) in [5.74, 6) is -0.0704. The van der Waals surface area contributed by atoms with Crippen LogP contribution in [0.5, 0.6) is 0 Å². The molecule has 21 heavy (non-hydrogen) atoms. The standard InChI is InChI=1S/C10H12ClN5O5/c11-7-4-8(15-10(12)14-7)16(2-13-4)21-9-6(19)5(18)3(1-17)20-9/h2-3,5-6,9,17-19H,1H2,(H2,12,14,15)/t3-,5-,6-,9+/m1/s1. The van der Waals surface area contributed by atoms with E-state index in [2.05, 4.69) is 15.0 Å². The van der Waals surface area contributed by atoms with Crippen LogP contribution in [0.2, 0.25) is 5.15 Å². The van der Waals surface area contributed by atoms with Crippen LogP contribution in [0.25, 0.3) is 11.2 Å². The van der Waals surface area contributed by atoms with E-state index in [9.17, 15) is 10.2 Å². The van der Waals surface area contributed by atoms with Crippen LogP contribution in [0, 0.1) is 0 Å². The highest BCUT2D eigenvalue weighted by Gasteiger charge is 2.44. The number of hydrogen-bond acceptors (Lipinski definition) is 9. The van der Waals surface area contributed by atoms with E-state index in [0.29, 0.717) is 0 Å². The summed E-state index contributed by atoms with van der Waals surface area (Å²) in [4.78, 5) is 17.0. The highest BCUT2D eigenvalue weighted by molar-refractivity contribution is 6.33. The SMILES string of the molecule is Nc1nc(Cl)c2ncn(O[C@@H]3O[C@H](CO)[C@@H](O)[C@H]3O)c2n1. The largest absolute Gasteiger partial charge is 0.394 e. The minimum absolute atomic E-state index is 0.0565. The molecular formula is C10H12ClN5O5. The molecule has 10 nitrogen and oxygen atoms in total. The van der Waals surface area contributed by atoms with Gasteiger partial charge in [0.25, 0.3) is 6.29 Å². The molecule has 1 fully saturated rings. The average Bonchev–Trinajstić information content (AvgIpc) is 2.96. The van der Waals surface area contributed by atoms with Crippen LogP contribution in [0.1, 0.15) is 0 Å². The van der Waals surface area contributed by atoms with Crippen molar-refractivity contribution in [1.29, 1.82) is 0 Å². The quantitative estimate of drug-likeness (QED) is 0.468. The molecule has 0 aliphatic carbocycles. The first-order valence-corrected chi connectivity index (χ1v) is 6.34. The molecule has 0 amide bonds.